The van der Waals surface area contributed by atoms with Crippen LogP contribution in [0.15, 0.2) is 66.9 Å². The third kappa shape index (κ3) is 1.83. The van der Waals surface area contributed by atoms with Crippen molar-refractivity contribution in [3.8, 4) is 5.82 Å². The lowest BCUT2D eigenvalue weighted by Gasteiger charge is -2.06. The average Bonchev–Trinajstić information content (AvgIpc) is 2.89. The van der Waals surface area contributed by atoms with E-state index in [2.05, 4.69) is 21.7 Å². The molecule has 0 N–H and O–H groups in total. The Hall–Kier alpha value is -2.94. The maximum absolute atomic E-state index is 11.7. The van der Waals surface area contributed by atoms with Crippen molar-refractivity contribution in [2.45, 2.75) is 6.92 Å². The first-order chi connectivity index (χ1) is 10.8. The van der Waals surface area contributed by atoms with Gasteiger partial charge in [0, 0.05) is 22.5 Å². The van der Waals surface area contributed by atoms with Gasteiger partial charge in [-0.1, -0.05) is 24.3 Å². The van der Waals surface area contributed by atoms with E-state index in [0.29, 0.717) is 0 Å². The summed E-state index contributed by atoms with van der Waals surface area (Å²) in [5, 5.41) is 2.21. The molecule has 0 saturated heterocycles. The molecule has 0 amide bonds. The van der Waals surface area contributed by atoms with Crippen LogP contribution in [0.3, 0.4) is 0 Å². The van der Waals surface area contributed by atoms with Crippen molar-refractivity contribution in [3.05, 3.63) is 72.4 Å². The average molecular weight is 286 g/mol. The molecule has 4 aromatic rings. The second-order valence-electron chi connectivity index (χ2n) is 5.33. The van der Waals surface area contributed by atoms with Gasteiger partial charge in [0.2, 0.25) is 0 Å². The molecule has 0 bridgehead atoms. The number of nitrogens with zero attached hydrogens (tertiary/aromatic N) is 2. The van der Waals surface area contributed by atoms with Gasteiger partial charge in [-0.05, 0) is 43.3 Å². The standard InChI is InChI=1S/C19H14N2O/c1-13(22)14-9-10-18-16(12-14)15-6-2-3-7-17(15)21(18)19-8-4-5-11-20-19/h2-12H,1H3. The minimum atomic E-state index is 0.0802. The number of ketones is 1. The Morgan fingerprint density at radius 1 is 0.909 bits per heavy atom. The highest BCUT2D eigenvalue weighted by Crippen LogP contribution is 2.31. The summed E-state index contributed by atoms with van der Waals surface area (Å²) >= 11 is 0. The fourth-order valence-corrected chi connectivity index (χ4v) is 2.92. The molecule has 2 aromatic heterocycles. The van der Waals surface area contributed by atoms with Crippen molar-refractivity contribution in [3.63, 3.8) is 0 Å². The van der Waals surface area contributed by atoms with Crippen LogP contribution in [0.1, 0.15) is 17.3 Å². The summed E-state index contributed by atoms with van der Waals surface area (Å²) in [6.45, 7) is 1.60. The second-order valence-corrected chi connectivity index (χ2v) is 5.33. The minimum Gasteiger partial charge on any atom is -0.295 e. The van der Waals surface area contributed by atoms with Crippen molar-refractivity contribution in [2.24, 2.45) is 0 Å². The molecular weight excluding hydrogens is 272 g/mol. The smallest absolute Gasteiger partial charge is 0.159 e. The zero-order valence-corrected chi connectivity index (χ0v) is 12.2. The molecule has 3 heteroatoms. The first kappa shape index (κ1) is 12.8. The quantitative estimate of drug-likeness (QED) is 0.512. The summed E-state index contributed by atoms with van der Waals surface area (Å²) in [6.07, 6.45) is 1.79. The summed E-state index contributed by atoms with van der Waals surface area (Å²) < 4.78 is 2.13. The van der Waals surface area contributed by atoms with E-state index >= 15 is 0 Å². The number of fused-ring (bicyclic) bond motifs is 3. The molecule has 0 aliphatic rings. The molecule has 4 rings (SSSR count). The Bertz CT molecular complexity index is 1000. The molecule has 0 radical (unpaired) electrons. The van der Waals surface area contributed by atoms with Crippen molar-refractivity contribution >= 4 is 27.6 Å². The van der Waals surface area contributed by atoms with Gasteiger partial charge in [0.15, 0.2) is 5.78 Å². The van der Waals surface area contributed by atoms with Crippen molar-refractivity contribution in [1.82, 2.24) is 9.55 Å². The van der Waals surface area contributed by atoms with Crippen LogP contribution in [0.25, 0.3) is 27.6 Å². The lowest BCUT2D eigenvalue weighted by molar-refractivity contribution is 0.101. The highest BCUT2D eigenvalue weighted by molar-refractivity contribution is 6.11. The van der Waals surface area contributed by atoms with Gasteiger partial charge in [0.05, 0.1) is 11.0 Å². The van der Waals surface area contributed by atoms with Crippen LogP contribution in [0.2, 0.25) is 0 Å². The van der Waals surface area contributed by atoms with Crippen LogP contribution in [0.4, 0.5) is 0 Å². The third-order valence-corrected chi connectivity index (χ3v) is 3.96. The number of hydrogen-bond donors (Lipinski definition) is 0. The van der Waals surface area contributed by atoms with Gasteiger partial charge in [-0.25, -0.2) is 4.98 Å². The van der Waals surface area contributed by atoms with Crippen molar-refractivity contribution in [1.29, 1.82) is 0 Å². The number of pyridine rings is 1. The summed E-state index contributed by atoms with van der Waals surface area (Å²) in [7, 11) is 0. The molecule has 0 spiro atoms. The van der Waals surface area contributed by atoms with Crippen LogP contribution in [0.5, 0.6) is 0 Å². The van der Waals surface area contributed by atoms with E-state index in [1.807, 2.05) is 48.5 Å². The number of rotatable bonds is 2. The van der Waals surface area contributed by atoms with E-state index in [-0.39, 0.29) is 5.78 Å². The normalized spacial score (nSPS) is 11.1. The van der Waals surface area contributed by atoms with E-state index in [4.69, 9.17) is 0 Å². The number of hydrogen-bond acceptors (Lipinski definition) is 2. The third-order valence-electron chi connectivity index (χ3n) is 3.96. The van der Waals surface area contributed by atoms with Crippen LogP contribution in [-0.4, -0.2) is 15.3 Å². The SMILES string of the molecule is CC(=O)c1ccc2c(c1)c1ccccc1n2-c1ccccn1. The number of carbonyl (C=O) groups excluding carboxylic acids is 1. The number of aromatic nitrogens is 2. The molecule has 0 saturated carbocycles. The Morgan fingerprint density at radius 2 is 1.68 bits per heavy atom. The van der Waals surface area contributed by atoms with E-state index in [9.17, 15) is 4.79 Å². The minimum absolute atomic E-state index is 0.0802. The molecule has 0 aliphatic heterocycles. The van der Waals surface area contributed by atoms with Crippen LogP contribution in [0, 0.1) is 0 Å². The molecule has 2 aromatic carbocycles. The van der Waals surface area contributed by atoms with E-state index < -0.39 is 0 Å². The van der Waals surface area contributed by atoms with Gasteiger partial charge in [0.1, 0.15) is 5.82 Å². The molecule has 22 heavy (non-hydrogen) atoms. The summed E-state index contributed by atoms with van der Waals surface area (Å²) in [6, 6.07) is 19.9. The summed E-state index contributed by atoms with van der Waals surface area (Å²) in [5.74, 6) is 0.959. The molecule has 106 valence electrons. The first-order valence-corrected chi connectivity index (χ1v) is 7.21. The zero-order chi connectivity index (χ0) is 15.1. The molecule has 0 atom stereocenters. The predicted molar refractivity (Wildman–Crippen MR) is 88.6 cm³/mol. The molecule has 2 heterocycles. The summed E-state index contributed by atoms with van der Waals surface area (Å²) in [5.41, 5.74) is 2.89. The van der Waals surface area contributed by atoms with Crippen LogP contribution in [-0.2, 0) is 0 Å². The highest BCUT2D eigenvalue weighted by Gasteiger charge is 2.13. The zero-order valence-electron chi connectivity index (χ0n) is 12.2. The largest absolute Gasteiger partial charge is 0.295 e. The lowest BCUT2D eigenvalue weighted by atomic mass is 10.1. The second kappa shape index (κ2) is 4.81. The van der Waals surface area contributed by atoms with Crippen LogP contribution >= 0.6 is 0 Å². The van der Waals surface area contributed by atoms with Crippen molar-refractivity contribution in [2.75, 3.05) is 0 Å². The van der Waals surface area contributed by atoms with E-state index in [1.165, 1.54) is 0 Å². The highest BCUT2D eigenvalue weighted by atomic mass is 16.1. The molecular formula is C19H14N2O. The topological polar surface area (TPSA) is 34.9 Å². The Balaban J connectivity index is 2.17. The number of benzene rings is 2. The van der Waals surface area contributed by atoms with E-state index in [1.54, 1.807) is 13.1 Å². The fraction of sp³-hybridized carbons (Fsp3) is 0.0526. The molecule has 3 nitrogen and oxygen atoms in total. The maximum Gasteiger partial charge on any atom is 0.159 e. The number of Topliss-reactive ketones (excluding diaryl/α,β-unsaturated/α-hetero) is 1. The summed E-state index contributed by atoms with van der Waals surface area (Å²) in [4.78, 5) is 16.2. The van der Waals surface area contributed by atoms with Crippen molar-refractivity contribution < 1.29 is 4.79 Å². The number of carbonyl (C=O) groups is 1. The Kier molecular flexibility index (Phi) is 2.79. The molecule has 0 unspecified atom stereocenters. The van der Waals surface area contributed by atoms with Gasteiger partial charge in [-0.2, -0.15) is 0 Å². The lowest BCUT2D eigenvalue weighted by Crippen LogP contribution is -1.96. The van der Waals surface area contributed by atoms with Gasteiger partial charge in [-0.15, -0.1) is 0 Å². The predicted octanol–water partition coefficient (Wildman–Crippen LogP) is 4.38. The first-order valence-electron chi connectivity index (χ1n) is 7.21. The fourth-order valence-electron chi connectivity index (χ4n) is 2.92. The maximum atomic E-state index is 11.7. The van der Waals surface area contributed by atoms with Gasteiger partial charge in [0.25, 0.3) is 0 Å². The van der Waals surface area contributed by atoms with Gasteiger partial charge < -0.3 is 0 Å². The number of para-hydroxylation sites is 1. The van der Waals surface area contributed by atoms with Gasteiger partial charge >= 0.3 is 0 Å². The monoisotopic (exact) mass is 286 g/mol. The van der Waals surface area contributed by atoms with E-state index in [0.717, 1.165) is 33.2 Å². The van der Waals surface area contributed by atoms with Crippen LogP contribution < -0.4 is 0 Å². The molecule has 0 fully saturated rings. The Morgan fingerprint density at radius 3 is 2.45 bits per heavy atom. The molecule has 0 aliphatic carbocycles. The van der Waals surface area contributed by atoms with Gasteiger partial charge in [-0.3, -0.25) is 9.36 Å². The Labute approximate surface area is 127 Å².